The third-order valence-electron chi connectivity index (χ3n) is 4.00. The normalized spacial score (nSPS) is 16.6. The van der Waals surface area contributed by atoms with Crippen molar-refractivity contribution in [3.05, 3.63) is 40.4 Å². The van der Waals surface area contributed by atoms with Crippen molar-refractivity contribution in [1.29, 1.82) is 0 Å². The fourth-order valence-corrected chi connectivity index (χ4v) is 3.80. The lowest BCUT2D eigenvalue weighted by atomic mass is 9.97. The maximum absolute atomic E-state index is 12.3. The van der Waals surface area contributed by atoms with Gasteiger partial charge in [0.2, 0.25) is 0 Å². The molecule has 0 saturated carbocycles. The van der Waals surface area contributed by atoms with Gasteiger partial charge in [0.1, 0.15) is 5.75 Å². The van der Waals surface area contributed by atoms with Gasteiger partial charge in [0.05, 0.1) is 5.02 Å². The molecular weight excluding hydrogens is 346 g/mol. The summed E-state index contributed by atoms with van der Waals surface area (Å²) in [4.78, 5) is 17.8. The van der Waals surface area contributed by atoms with Gasteiger partial charge in [-0.05, 0) is 50.9 Å². The Morgan fingerprint density at radius 3 is 2.92 bits per heavy atom. The average molecular weight is 366 g/mol. The number of ether oxygens (including phenoxy) is 1. The van der Waals surface area contributed by atoms with Crippen LogP contribution in [0.5, 0.6) is 5.75 Å². The zero-order chi connectivity index (χ0) is 16.9. The molecule has 2 heterocycles. The molecule has 1 aromatic carbocycles. The number of benzene rings is 1. The monoisotopic (exact) mass is 365 g/mol. The Hall–Kier alpha value is -1.63. The fourth-order valence-electron chi connectivity index (χ4n) is 2.63. The Balaban J connectivity index is 1.58. The van der Waals surface area contributed by atoms with E-state index in [9.17, 15) is 4.79 Å². The number of hydrogen-bond acceptors (Lipinski definition) is 5. The summed E-state index contributed by atoms with van der Waals surface area (Å²) in [6.07, 6.45) is 3.44. The molecule has 0 radical (unpaired) electrons. The number of piperidine rings is 1. The van der Waals surface area contributed by atoms with Crippen molar-refractivity contribution >= 4 is 34.0 Å². The molecule has 1 aliphatic heterocycles. The third kappa shape index (κ3) is 4.26. The molecule has 3 rings (SSSR count). The van der Waals surface area contributed by atoms with E-state index in [1.807, 2.05) is 18.3 Å². The summed E-state index contributed by atoms with van der Waals surface area (Å²) in [5.41, 5.74) is 0. The molecule has 1 amide bonds. The van der Waals surface area contributed by atoms with Gasteiger partial charge in [-0.15, -0.1) is 11.3 Å². The molecule has 1 saturated heterocycles. The van der Waals surface area contributed by atoms with Crippen molar-refractivity contribution in [3.8, 4) is 5.75 Å². The Kier molecular flexibility index (Phi) is 5.71. The topological polar surface area (TPSA) is 63.2 Å². The van der Waals surface area contributed by atoms with Crippen molar-refractivity contribution in [2.75, 3.05) is 18.4 Å². The summed E-state index contributed by atoms with van der Waals surface area (Å²) < 4.78 is 5.63. The molecule has 0 spiro atoms. The molecule has 1 unspecified atom stereocenters. The minimum atomic E-state index is -0.656. The van der Waals surface area contributed by atoms with Crippen molar-refractivity contribution < 1.29 is 9.53 Å². The second-order valence-corrected chi connectivity index (χ2v) is 7.24. The van der Waals surface area contributed by atoms with Crippen molar-refractivity contribution in [2.24, 2.45) is 0 Å². The van der Waals surface area contributed by atoms with E-state index in [-0.39, 0.29) is 5.91 Å². The summed E-state index contributed by atoms with van der Waals surface area (Å²) in [5.74, 6) is 0.795. The van der Waals surface area contributed by atoms with E-state index in [4.69, 9.17) is 16.3 Å². The maximum Gasteiger partial charge on any atom is 0.266 e. The second-order valence-electron chi connectivity index (χ2n) is 5.77. The molecule has 5 nitrogen and oxygen atoms in total. The van der Waals surface area contributed by atoms with Gasteiger partial charge in [0.25, 0.3) is 5.91 Å². The van der Waals surface area contributed by atoms with Crippen LogP contribution in [-0.2, 0) is 4.79 Å². The van der Waals surface area contributed by atoms with E-state index in [0.29, 0.717) is 21.8 Å². The van der Waals surface area contributed by atoms with E-state index in [1.165, 1.54) is 4.88 Å². The number of hydrogen-bond donors (Lipinski definition) is 2. The number of nitrogens with one attached hydrogen (secondary N) is 2. The summed E-state index contributed by atoms with van der Waals surface area (Å²) in [7, 11) is 0. The molecule has 1 aliphatic rings. The summed E-state index contributed by atoms with van der Waals surface area (Å²) in [6.45, 7) is 3.76. The zero-order valence-corrected chi connectivity index (χ0v) is 15.0. The maximum atomic E-state index is 12.3. The molecule has 128 valence electrons. The number of para-hydroxylation sites is 1. The van der Waals surface area contributed by atoms with E-state index >= 15 is 0 Å². The first-order valence-corrected chi connectivity index (χ1v) is 9.21. The van der Waals surface area contributed by atoms with E-state index in [2.05, 4.69) is 15.6 Å². The standard InChI is InChI=1S/C17H20ClN3O2S/c1-11(23-14-5-3-2-4-13(14)18)16(22)21-17-20-10-15(24-17)12-6-8-19-9-7-12/h2-5,10-12,19H,6-9H2,1H3,(H,20,21,22). The van der Waals surface area contributed by atoms with Crippen LogP contribution >= 0.6 is 22.9 Å². The van der Waals surface area contributed by atoms with Crippen LogP contribution in [0.3, 0.4) is 0 Å². The van der Waals surface area contributed by atoms with Gasteiger partial charge in [-0.25, -0.2) is 4.98 Å². The number of carbonyl (C=O) groups is 1. The molecule has 2 N–H and O–H groups in total. The van der Waals surface area contributed by atoms with Gasteiger partial charge >= 0.3 is 0 Å². The minimum Gasteiger partial charge on any atom is -0.479 e. The number of carbonyl (C=O) groups excluding carboxylic acids is 1. The Labute approximate surface area is 150 Å². The molecule has 1 atom stereocenters. The van der Waals surface area contributed by atoms with Crippen molar-refractivity contribution in [1.82, 2.24) is 10.3 Å². The number of thiazole rings is 1. The number of rotatable bonds is 5. The summed E-state index contributed by atoms with van der Waals surface area (Å²) >= 11 is 7.59. The Bertz CT molecular complexity index is 701. The largest absolute Gasteiger partial charge is 0.479 e. The number of anilines is 1. The quantitative estimate of drug-likeness (QED) is 0.848. The highest BCUT2D eigenvalue weighted by Gasteiger charge is 2.20. The molecule has 1 fully saturated rings. The number of nitrogens with zero attached hydrogens (tertiary/aromatic N) is 1. The predicted molar refractivity (Wildman–Crippen MR) is 97.1 cm³/mol. The fraction of sp³-hybridized carbons (Fsp3) is 0.412. The molecular formula is C17H20ClN3O2S. The highest BCUT2D eigenvalue weighted by molar-refractivity contribution is 7.15. The van der Waals surface area contributed by atoms with E-state index in [1.54, 1.807) is 30.4 Å². The van der Waals surface area contributed by atoms with Crippen molar-refractivity contribution in [3.63, 3.8) is 0 Å². The predicted octanol–water partition coefficient (Wildman–Crippen LogP) is 3.67. The van der Waals surface area contributed by atoms with Crippen LogP contribution < -0.4 is 15.4 Å². The number of halogens is 1. The molecule has 1 aromatic heterocycles. The summed E-state index contributed by atoms with van der Waals surface area (Å²) in [5, 5.41) is 7.28. The van der Waals surface area contributed by atoms with Gasteiger partial charge in [-0.1, -0.05) is 23.7 Å². The third-order valence-corrected chi connectivity index (χ3v) is 5.39. The van der Waals surface area contributed by atoms with Crippen LogP contribution in [0.25, 0.3) is 0 Å². The molecule has 0 aliphatic carbocycles. The first-order valence-electron chi connectivity index (χ1n) is 8.02. The summed E-state index contributed by atoms with van der Waals surface area (Å²) in [6, 6.07) is 7.11. The number of aromatic nitrogens is 1. The lowest BCUT2D eigenvalue weighted by Crippen LogP contribution is -2.30. The van der Waals surface area contributed by atoms with Gasteiger partial charge in [-0.3, -0.25) is 10.1 Å². The number of amides is 1. The highest BCUT2D eigenvalue weighted by atomic mass is 35.5. The minimum absolute atomic E-state index is 0.235. The van der Waals surface area contributed by atoms with Gasteiger partial charge in [0, 0.05) is 11.1 Å². The molecule has 2 aromatic rings. The highest BCUT2D eigenvalue weighted by Crippen LogP contribution is 2.32. The first kappa shape index (κ1) is 17.2. The second kappa shape index (κ2) is 7.96. The average Bonchev–Trinajstić information content (AvgIpc) is 3.06. The zero-order valence-electron chi connectivity index (χ0n) is 13.4. The van der Waals surface area contributed by atoms with Crippen molar-refractivity contribution in [2.45, 2.75) is 31.8 Å². The molecule has 7 heteroatoms. The lowest BCUT2D eigenvalue weighted by molar-refractivity contribution is -0.122. The van der Waals surface area contributed by atoms with Gasteiger partial charge in [-0.2, -0.15) is 0 Å². The van der Waals surface area contributed by atoms with Crippen LogP contribution in [0.2, 0.25) is 5.02 Å². The van der Waals surface area contributed by atoms with Crippen LogP contribution in [-0.4, -0.2) is 30.1 Å². The molecule has 0 bridgehead atoms. The SMILES string of the molecule is CC(Oc1ccccc1Cl)C(=O)Nc1ncc(C2CCNCC2)s1. The Morgan fingerprint density at radius 1 is 1.42 bits per heavy atom. The van der Waals surface area contributed by atoms with E-state index in [0.717, 1.165) is 25.9 Å². The van der Waals surface area contributed by atoms with Gasteiger partial charge in [0.15, 0.2) is 11.2 Å². The molecule has 24 heavy (non-hydrogen) atoms. The van der Waals surface area contributed by atoms with Crippen LogP contribution in [0.15, 0.2) is 30.5 Å². The Morgan fingerprint density at radius 2 is 2.17 bits per heavy atom. The first-order chi connectivity index (χ1) is 11.6. The lowest BCUT2D eigenvalue weighted by Gasteiger charge is -2.20. The van der Waals surface area contributed by atoms with Crippen LogP contribution in [0, 0.1) is 0 Å². The smallest absolute Gasteiger partial charge is 0.266 e. The van der Waals surface area contributed by atoms with Crippen LogP contribution in [0.4, 0.5) is 5.13 Å². The van der Waals surface area contributed by atoms with E-state index < -0.39 is 6.10 Å². The van der Waals surface area contributed by atoms with Crippen LogP contribution in [0.1, 0.15) is 30.6 Å². The van der Waals surface area contributed by atoms with Gasteiger partial charge < -0.3 is 10.1 Å².